The maximum atomic E-state index is 13.3. The fourth-order valence-corrected chi connectivity index (χ4v) is 4.48. The predicted octanol–water partition coefficient (Wildman–Crippen LogP) is 4.30. The molecule has 0 bridgehead atoms. The molecule has 0 heterocycles. The Bertz CT molecular complexity index is 1210. The molecule has 3 rings (SSSR count). The molecule has 1 N–H and O–H groups in total. The molecule has 6 nitrogen and oxygen atoms in total. The summed E-state index contributed by atoms with van der Waals surface area (Å²) >= 11 is 6.21. The highest BCUT2D eigenvalue weighted by atomic mass is 35.5. The number of benzene rings is 3. The van der Waals surface area contributed by atoms with E-state index in [1.54, 1.807) is 30.3 Å². The molecule has 0 aromatic heterocycles. The summed E-state index contributed by atoms with van der Waals surface area (Å²) in [4.78, 5) is 12.6. The van der Waals surface area contributed by atoms with Crippen LogP contribution in [0.15, 0.2) is 82.8 Å². The minimum absolute atomic E-state index is 0.0720. The highest BCUT2D eigenvalue weighted by Gasteiger charge is 2.27. The van der Waals surface area contributed by atoms with Gasteiger partial charge in [0.25, 0.3) is 15.9 Å². The molecule has 0 saturated heterocycles. The lowest BCUT2D eigenvalue weighted by Gasteiger charge is -2.24. The minimum Gasteiger partial charge on any atom is -0.271 e. The molecule has 0 aliphatic heterocycles. The van der Waals surface area contributed by atoms with Gasteiger partial charge in [0, 0.05) is 5.02 Å². The maximum absolute atomic E-state index is 13.3. The van der Waals surface area contributed by atoms with Crippen molar-refractivity contribution in [2.24, 2.45) is 5.10 Å². The normalized spacial score (nSPS) is 11.5. The number of hydrogen-bond donors (Lipinski definition) is 1. The zero-order valence-electron chi connectivity index (χ0n) is 17.1. The highest BCUT2D eigenvalue weighted by molar-refractivity contribution is 7.92. The topological polar surface area (TPSA) is 78.8 Å². The van der Waals surface area contributed by atoms with Gasteiger partial charge >= 0.3 is 0 Å². The van der Waals surface area contributed by atoms with Gasteiger partial charge in [-0.3, -0.25) is 9.10 Å². The van der Waals surface area contributed by atoms with Gasteiger partial charge in [-0.25, -0.2) is 13.8 Å². The molecule has 3 aromatic rings. The Morgan fingerprint density at radius 2 is 1.77 bits per heavy atom. The van der Waals surface area contributed by atoms with E-state index in [1.807, 2.05) is 38.1 Å². The summed E-state index contributed by atoms with van der Waals surface area (Å²) in [6.07, 6.45) is 1.50. The minimum atomic E-state index is -4.00. The Kier molecular flexibility index (Phi) is 7.09. The number of nitrogens with zero attached hydrogens (tertiary/aromatic N) is 2. The summed E-state index contributed by atoms with van der Waals surface area (Å²) in [6.45, 7) is 3.31. The number of sulfonamides is 1. The molecule has 3 aromatic carbocycles. The number of aryl methyl sites for hydroxylation is 2. The Morgan fingerprint density at radius 3 is 2.45 bits per heavy atom. The van der Waals surface area contributed by atoms with E-state index >= 15 is 0 Å². The van der Waals surface area contributed by atoms with Crippen molar-refractivity contribution in [2.45, 2.75) is 18.7 Å². The lowest BCUT2D eigenvalue weighted by molar-refractivity contribution is -0.119. The van der Waals surface area contributed by atoms with Crippen molar-refractivity contribution in [2.75, 3.05) is 10.8 Å². The van der Waals surface area contributed by atoms with Crippen LogP contribution in [-0.2, 0) is 14.8 Å². The molecule has 0 spiro atoms. The van der Waals surface area contributed by atoms with Crippen molar-refractivity contribution in [3.63, 3.8) is 0 Å². The number of carbonyl (C=O) groups is 1. The predicted molar refractivity (Wildman–Crippen MR) is 124 cm³/mol. The van der Waals surface area contributed by atoms with E-state index in [2.05, 4.69) is 10.5 Å². The van der Waals surface area contributed by atoms with Gasteiger partial charge in [-0.05, 0) is 49.2 Å². The van der Waals surface area contributed by atoms with Gasteiger partial charge < -0.3 is 0 Å². The lowest BCUT2D eigenvalue weighted by atomic mass is 10.2. The van der Waals surface area contributed by atoms with Crippen LogP contribution in [-0.4, -0.2) is 27.1 Å². The van der Waals surface area contributed by atoms with Crippen LogP contribution in [0.3, 0.4) is 0 Å². The van der Waals surface area contributed by atoms with E-state index in [4.69, 9.17) is 11.6 Å². The Balaban J connectivity index is 1.86. The second-order valence-corrected chi connectivity index (χ2v) is 9.24. The Labute approximate surface area is 187 Å². The van der Waals surface area contributed by atoms with Crippen molar-refractivity contribution in [1.82, 2.24) is 5.43 Å². The van der Waals surface area contributed by atoms with Crippen molar-refractivity contribution < 1.29 is 13.2 Å². The van der Waals surface area contributed by atoms with E-state index < -0.39 is 22.5 Å². The SMILES string of the molecule is Cc1cccc(/C=N\NC(=O)CN(c2ccc(C)c(Cl)c2)S(=O)(=O)c2ccccc2)c1. The number of halogens is 1. The molecule has 31 heavy (non-hydrogen) atoms. The van der Waals surface area contributed by atoms with Crippen molar-refractivity contribution in [3.8, 4) is 0 Å². The van der Waals surface area contributed by atoms with Gasteiger partial charge in [0.05, 0.1) is 16.8 Å². The maximum Gasteiger partial charge on any atom is 0.264 e. The third-order valence-corrected chi connectivity index (χ3v) is 6.70. The van der Waals surface area contributed by atoms with E-state index in [9.17, 15) is 13.2 Å². The van der Waals surface area contributed by atoms with Crippen LogP contribution in [0.4, 0.5) is 5.69 Å². The van der Waals surface area contributed by atoms with Crippen LogP contribution in [0.2, 0.25) is 5.02 Å². The van der Waals surface area contributed by atoms with Gasteiger partial charge in [0.1, 0.15) is 6.54 Å². The highest BCUT2D eigenvalue weighted by Crippen LogP contribution is 2.27. The van der Waals surface area contributed by atoms with Gasteiger partial charge in [-0.2, -0.15) is 5.10 Å². The summed E-state index contributed by atoms with van der Waals surface area (Å²) in [7, 11) is -4.00. The molecule has 0 aliphatic carbocycles. The van der Waals surface area contributed by atoms with E-state index in [0.717, 1.165) is 21.0 Å². The summed E-state index contributed by atoms with van der Waals surface area (Å²) in [5, 5.41) is 4.35. The third-order valence-electron chi connectivity index (χ3n) is 4.51. The van der Waals surface area contributed by atoms with Crippen LogP contribution in [0.25, 0.3) is 0 Å². The summed E-state index contributed by atoms with van der Waals surface area (Å²) < 4.78 is 27.5. The second-order valence-electron chi connectivity index (χ2n) is 6.97. The van der Waals surface area contributed by atoms with Crippen LogP contribution >= 0.6 is 11.6 Å². The van der Waals surface area contributed by atoms with Gasteiger partial charge in [-0.15, -0.1) is 0 Å². The van der Waals surface area contributed by atoms with Crippen LogP contribution in [0.5, 0.6) is 0 Å². The molecule has 0 atom stereocenters. The molecule has 0 aliphatic rings. The fourth-order valence-electron chi connectivity index (χ4n) is 2.87. The largest absolute Gasteiger partial charge is 0.271 e. The van der Waals surface area contributed by atoms with Gasteiger partial charge in [-0.1, -0.05) is 65.7 Å². The second kappa shape index (κ2) is 9.76. The molecule has 0 saturated carbocycles. The first-order chi connectivity index (χ1) is 14.8. The van der Waals surface area contributed by atoms with Crippen molar-refractivity contribution in [3.05, 3.63) is 94.5 Å². The molecule has 0 fully saturated rings. The first-order valence-corrected chi connectivity index (χ1v) is 11.3. The molecule has 0 unspecified atom stereocenters. The van der Waals surface area contributed by atoms with Crippen LogP contribution in [0, 0.1) is 13.8 Å². The number of hydrogen-bond acceptors (Lipinski definition) is 4. The van der Waals surface area contributed by atoms with E-state index in [1.165, 1.54) is 24.4 Å². The summed E-state index contributed by atoms with van der Waals surface area (Å²) in [5.74, 6) is -0.583. The molecule has 1 amide bonds. The van der Waals surface area contributed by atoms with Crippen molar-refractivity contribution >= 4 is 39.4 Å². The molecule has 160 valence electrons. The standard InChI is InChI=1S/C23H22ClN3O3S/c1-17-7-6-8-19(13-17)15-25-26-23(28)16-27(20-12-11-18(2)22(24)14-20)31(29,30)21-9-4-3-5-10-21/h3-15H,16H2,1-2H3,(H,26,28)/b25-15-. The van der Waals surface area contributed by atoms with Crippen molar-refractivity contribution in [1.29, 1.82) is 0 Å². The average molecular weight is 456 g/mol. The number of rotatable bonds is 7. The molecule has 8 heteroatoms. The zero-order valence-corrected chi connectivity index (χ0v) is 18.7. The molecular weight excluding hydrogens is 434 g/mol. The van der Waals surface area contributed by atoms with Gasteiger partial charge in [0.15, 0.2) is 0 Å². The fraction of sp³-hybridized carbons (Fsp3) is 0.130. The van der Waals surface area contributed by atoms with Gasteiger partial charge in [0.2, 0.25) is 0 Å². The summed E-state index contributed by atoms with van der Waals surface area (Å²) in [6, 6.07) is 20.4. The first kappa shape index (κ1) is 22.5. The number of anilines is 1. The first-order valence-electron chi connectivity index (χ1n) is 9.50. The van der Waals surface area contributed by atoms with E-state index in [0.29, 0.717) is 5.02 Å². The Hall–Kier alpha value is -3.16. The quantitative estimate of drug-likeness (QED) is 0.426. The monoisotopic (exact) mass is 455 g/mol. The Morgan fingerprint density at radius 1 is 1.03 bits per heavy atom. The van der Waals surface area contributed by atoms with E-state index in [-0.39, 0.29) is 10.6 Å². The lowest BCUT2D eigenvalue weighted by Crippen LogP contribution is -2.39. The molecule has 0 radical (unpaired) electrons. The number of carbonyl (C=O) groups excluding carboxylic acids is 1. The van der Waals surface area contributed by atoms with Crippen LogP contribution < -0.4 is 9.73 Å². The smallest absolute Gasteiger partial charge is 0.264 e. The molecular formula is C23H22ClN3O3S. The van der Waals surface area contributed by atoms with Crippen LogP contribution in [0.1, 0.15) is 16.7 Å². The summed E-state index contributed by atoms with van der Waals surface area (Å²) in [5.41, 5.74) is 5.36. The number of nitrogens with one attached hydrogen (secondary N) is 1. The number of amides is 1. The number of hydrazone groups is 1. The third kappa shape index (κ3) is 5.71. The zero-order chi connectivity index (χ0) is 22.4. The average Bonchev–Trinajstić information content (AvgIpc) is 2.75.